The van der Waals surface area contributed by atoms with Gasteiger partial charge in [-0.2, -0.15) is 0 Å². The van der Waals surface area contributed by atoms with Gasteiger partial charge in [0.15, 0.2) is 0 Å². The Morgan fingerprint density at radius 2 is 1.83 bits per heavy atom. The smallest absolute Gasteiger partial charge is 0.416 e. The summed E-state index contributed by atoms with van der Waals surface area (Å²) < 4.78 is 9.89. The van der Waals surface area contributed by atoms with Crippen LogP contribution in [0.3, 0.4) is 0 Å². The van der Waals surface area contributed by atoms with Crippen LogP contribution in [0.25, 0.3) is 0 Å². The van der Waals surface area contributed by atoms with Gasteiger partial charge in [0.05, 0.1) is 6.04 Å². The number of anilines is 1. The number of methoxy groups -OCH3 is 1. The monoisotopic (exact) mass is 396 g/mol. The average molecular weight is 396 g/mol. The minimum atomic E-state index is -0.577. The van der Waals surface area contributed by atoms with Gasteiger partial charge in [0, 0.05) is 19.2 Å². The summed E-state index contributed by atoms with van der Waals surface area (Å²) in [5.74, 6) is -0.474. The van der Waals surface area contributed by atoms with Crippen molar-refractivity contribution in [1.82, 2.24) is 4.90 Å². The van der Waals surface area contributed by atoms with E-state index >= 15 is 0 Å². The Morgan fingerprint density at radius 1 is 1.10 bits per heavy atom. The first-order valence-corrected chi connectivity index (χ1v) is 9.47. The van der Waals surface area contributed by atoms with Crippen molar-refractivity contribution in [3.05, 3.63) is 65.7 Å². The van der Waals surface area contributed by atoms with Gasteiger partial charge in [-0.3, -0.25) is 9.59 Å². The molecule has 0 radical (unpaired) electrons. The van der Waals surface area contributed by atoms with Crippen molar-refractivity contribution < 1.29 is 23.9 Å². The molecule has 29 heavy (non-hydrogen) atoms. The summed E-state index contributed by atoms with van der Waals surface area (Å²) in [6, 6.07) is 16.7. The number of benzene rings is 2. The first-order chi connectivity index (χ1) is 14.1. The lowest BCUT2D eigenvalue weighted by Gasteiger charge is -2.19. The molecule has 7 nitrogen and oxygen atoms in total. The average Bonchev–Trinajstić information content (AvgIpc) is 3.08. The van der Waals surface area contributed by atoms with Crippen LogP contribution in [0.2, 0.25) is 0 Å². The second kappa shape index (κ2) is 9.84. The fraction of sp³-hybridized carbons (Fsp3) is 0.318. The lowest BCUT2D eigenvalue weighted by atomic mass is 10.0. The highest BCUT2D eigenvalue weighted by atomic mass is 16.6. The third-order valence-electron chi connectivity index (χ3n) is 4.68. The summed E-state index contributed by atoms with van der Waals surface area (Å²) in [7, 11) is 1.46. The van der Waals surface area contributed by atoms with Gasteiger partial charge in [0.25, 0.3) is 0 Å². The van der Waals surface area contributed by atoms with Crippen molar-refractivity contribution in [2.45, 2.75) is 25.3 Å². The quantitative estimate of drug-likeness (QED) is 0.742. The second-order valence-electron chi connectivity index (χ2n) is 6.86. The maximum Gasteiger partial charge on any atom is 0.416 e. The molecule has 0 bridgehead atoms. The molecule has 0 aromatic heterocycles. The number of amides is 3. The number of cyclic esters (lactones) is 1. The molecule has 0 unspecified atom stereocenters. The number of hydrogen-bond donors (Lipinski definition) is 1. The van der Waals surface area contributed by atoms with Crippen molar-refractivity contribution in [3.8, 4) is 0 Å². The zero-order valence-corrected chi connectivity index (χ0v) is 16.3. The van der Waals surface area contributed by atoms with E-state index in [0.717, 1.165) is 11.1 Å². The maximum absolute atomic E-state index is 12.7. The van der Waals surface area contributed by atoms with Crippen molar-refractivity contribution in [1.29, 1.82) is 0 Å². The Kier molecular flexibility index (Phi) is 6.97. The summed E-state index contributed by atoms with van der Waals surface area (Å²) >= 11 is 0. The fourth-order valence-corrected chi connectivity index (χ4v) is 3.26. The predicted molar refractivity (Wildman–Crippen MR) is 107 cm³/mol. The maximum atomic E-state index is 12.7. The number of imide groups is 1. The van der Waals surface area contributed by atoms with E-state index in [4.69, 9.17) is 9.47 Å². The van der Waals surface area contributed by atoms with Gasteiger partial charge in [-0.1, -0.05) is 42.5 Å². The van der Waals surface area contributed by atoms with Gasteiger partial charge in [-0.15, -0.1) is 0 Å². The van der Waals surface area contributed by atoms with E-state index in [9.17, 15) is 14.4 Å². The topological polar surface area (TPSA) is 84.9 Å². The molecule has 1 saturated heterocycles. The fourth-order valence-electron chi connectivity index (χ4n) is 3.26. The molecule has 1 atom stereocenters. The third kappa shape index (κ3) is 5.65. The highest BCUT2D eigenvalue weighted by Gasteiger charge is 2.37. The summed E-state index contributed by atoms with van der Waals surface area (Å²) in [5, 5.41) is 2.71. The number of nitrogens with one attached hydrogen (secondary N) is 1. The van der Waals surface area contributed by atoms with Crippen molar-refractivity contribution in [2.75, 3.05) is 25.6 Å². The van der Waals surface area contributed by atoms with Crippen LogP contribution in [0.4, 0.5) is 10.5 Å². The highest BCUT2D eigenvalue weighted by molar-refractivity contribution is 5.93. The highest BCUT2D eigenvalue weighted by Crippen LogP contribution is 2.19. The lowest BCUT2D eigenvalue weighted by molar-refractivity contribution is -0.129. The van der Waals surface area contributed by atoms with E-state index in [1.165, 1.54) is 12.0 Å². The van der Waals surface area contributed by atoms with Crippen molar-refractivity contribution in [2.24, 2.45) is 0 Å². The summed E-state index contributed by atoms with van der Waals surface area (Å²) in [6.45, 7) is 0.210. The Balaban J connectivity index is 1.55. The molecule has 0 saturated carbocycles. The van der Waals surface area contributed by atoms with Crippen LogP contribution in [-0.4, -0.2) is 49.2 Å². The van der Waals surface area contributed by atoms with Crippen LogP contribution in [0, 0.1) is 0 Å². The molecule has 1 heterocycles. The Morgan fingerprint density at radius 3 is 2.52 bits per heavy atom. The van der Waals surface area contributed by atoms with Crippen LogP contribution in [0.1, 0.15) is 17.5 Å². The molecular weight excluding hydrogens is 372 g/mol. The van der Waals surface area contributed by atoms with E-state index < -0.39 is 6.09 Å². The Bertz CT molecular complexity index is 851. The summed E-state index contributed by atoms with van der Waals surface area (Å²) in [4.78, 5) is 37.5. The Labute approximate surface area is 169 Å². The minimum Gasteiger partial charge on any atom is -0.447 e. The van der Waals surface area contributed by atoms with Crippen LogP contribution in [0.15, 0.2) is 54.6 Å². The third-order valence-corrected chi connectivity index (χ3v) is 4.68. The molecule has 3 rings (SSSR count). The zero-order chi connectivity index (χ0) is 20.6. The lowest BCUT2D eigenvalue weighted by Crippen LogP contribution is -2.40. The number of nitrogens with zero attached hydrogens (tertiary/aromatic N) is 1. The molecule has 1 N–H and O–H groups in total. The predicted octanol–water partition coefficient (Wildman–Crippen LogP) is 2.79. The molecule has 152 valence electrons. The standard InChI is InChI=1S/C22H24N2O5/c1-28-15-20(25)23-18-10-7-16(8-11-18)9-12-21(26)24-19(14-29-22(24)27)13-17-5-3-2-4-6-17/h2-8,10-11,19H,9,12-15H2,1H3,(H,23,25)/t19-/m1/s1. The Hall–Kier alpha value is -3.19. The number of carbonyl (C=O) groups excluding carboxylic acids is 3. The van der Waals surface area contributed by atoms with Gasteiger partial charge in [-0.25, -0.2) is 9.69 Å². The molecule has 2 aromatic rings. The number of ether oxygens (including phenoxy) is 2. The molecule has 3 amide bonds. The van der Waals surface area contributed by atoms with Crippen LogP contribution in [-0.2, 0) is 31.9 Å². The molecule has 0 aliphatic carbocycles. The van der Waals surface area contributed by atoms with Crippen molar-refractivity contribution >= 4 is 23.6 Å². The largest absolute Gasteiger partial charge is 0.447 e. The minimum absolute atomic E-state index is 0.00760. The number of hydrogen-bond acceptors (Lipinski definition) is 5. The van der Waals surface area contributed by atoms with Crippen LogP contribution < -0.4 is 5.32 Å². The van der Waals surface area contributed by atoms with Crippen LogP contribution in [0.5, 0.6) is 0 Å². The molecule has 1 fully saturated rings. The SMILES string of the molecule is COCC(=O)Nc1ccc(CCC(=O)N2C(=O)OC[C@H]2Cc2ccccc2)cc1. The van der Waals surface area contributed by atoms with Gasteiger partial charge in [-0.05, 0) is 36.1 Å². The van der Waals surface area contributed by atoms with Gasteiger partial charge in [0.1, 0.15) is 13.2 Å². The molecular formula is C22H24N2O5. The van der Waals surface area contributed by atoms with E-state index in [2.05, 4.69) is 5.32 Å². The molecule has 7 heteroatoms. The molecule has 1 aliphatic rings. The van der Waals surface area contributed by atoms with Gasteiger partial charge in [0.2, 0.25) is 11.8 Å². The summed E-state index contributed by atoms with van der Waals surface area (Å²) in [5.41, 5.74) is 2.66. The molecule has 0 spiro atoms. The van der Waals surface area contributed by atoms with E-state index in [-0.39, 0.29) is 37.5 Å². The first-order valence-electron chi connectivity index (χ1n) is 9.47. The molecule has 1 aliphatic heterocycles. The first kappa shape index (κ1) is 20.5. The second-order valence-corrected chi connectivity index (χ2v) is 6.86. The number of aryl methyl sites for hydroxylation is 1. The van der Waals surface area contributed by atoms with E-state index in [1.54, 1.807) is 12.1 Å². The van der Waals surface area contributed by atoms with Gasteiger partial charge >= 0.3 is 6.09 Å². The summed E-state index contributed by atoms with van der Waals surface area (Å²) in [6.07, 6.45) is 0.698. The van der Waals surface area contributed by atoms with Gasteiger partial charge < -0.3 is 14.8 Å². The number of carbonyl (C=O) groups is 3. The van der Waals surface area contributed by atoms with Crippen LogP contribution >= 0.6 is 0 Å². The van der Waals surface area contributed by atoms with E-state index in [0.29, 0.717) is 18.5 Å². The number of rotatable bonds is 8. The van der Waals surface area contributed by atoms with Crippen molar-refractivity contribution in [3.63, 3.8) is 0 Å². The zero-order valence-electron chi connectivity index (χ0n) is 16.3. The molecule has 2 aromatic carbocycles. The normalized spacial score (nSPS) is 15.8. The van der Waals surface area contributed by atoms with E-state index in [1.807, 2.05) is 42.5 Å².